The maximum Gasteiger partial charge on any atom is 0.343 e. The van der Waals surface area contributed by atoms with Crippen molar-refractivity contribution in [3.05, 3.63) is 83.4 Å². The van der Waals surface area contributed by atoms with Gasteiger partial charge in [-0.2, -0.15) is 0 Å². The molecule has 0 heterocycles. The van der Waals surface area contributed by atoms with E-state index in [4.69, 9.17) is 9.47 Å². The normalized spacial score (nSPS) is 14.0. The van der Waals surface area contributed by atoms with E-state index in [-0.39, 0.29) is 5.97 Å². The first kappa shape index (κ1) is 18.9. The minimum absolute atomic E-state index is 0.320. The number of ether oxygens (including phenoxy) is 2. The molecule has 4 rings (SSSR count). The Morgan fingerprint density at radius 2 is 1.34 bits per heavy atom. The highest BCUT2D eigenvalue weighted by Gasteiger charge is 2.21. The van der Waals surface area contributed by atoms with Crippen molar-refractivity contribution in [3.8, 4) is 11.5 Å². The van der Waals surface area contributed by atoms with Crippen molar-refractivity contribution >= 4 is 22.7 Å². The van der Waals surface area contributed by atoms with Gasteiger partial charge in [-0.05, 0) is 62.3 Å². The molecule has 0 fully saturated rings. The van der Waals surface area contributed by atoms with Crippen molar-refractivity contribution in [1.29, 1.82) is 0 Å². The molecular formula is C25H22O4. The fraction of sp³-hybridized carbons (Fsp3) is 0.200. The Bertz CT molecular complexity index is 1090. The minimum atomic E-state index is -0.454. The monoisotopic (exact) mass is 386 g/mol. The summed E-state index contributed by atoms with van der Waals surface area (Å²) in [5, 5.41) is 1.45. The molecule has 0 amide bonds. The van der Waals surface area contributed by atoms with Gasteiger partial charge >= 0.3 is 11.9 Å². The highest BCUT2D eigenvalue weighted by molar-refractivity contribution is 6.00. The van der Waals surface area contributed by atoms with Gasteiger partial charge < -0.3 is 9.47 Å². The average Bonchev–Trinajstić information content (AvgIpc) is 2.75. The Hall–Kier alpha value is -3.40. The van der Waals surface area contributed by atoms with Gasteiger partial charge in [-0.1, -0.05) is 48.0 Å². The van der Waals surface area contributed by atoms with Crippen molar-refractivity contribution in [2.24, 2.45) is 0 Å². The molecule has 0 radical (unpaired) electrons. The molecule has 1 aliphatic carbocycles. The van der Waals surface area contributed by atoms with E-state index >= 15 is 0 Å². The van der Waals surface area contributed by atoms with Crippen LogP contribution in [0.4, 0.5) is 0 Å². The van der Waals surface area contributed by atoms with Crippen LogP contribution in [-0.4, -0.2) is 11.9 Å². The van der Waals surface area contributed by atoms with Crippen LogP contribution in [0.3, 0.4) is 0 Å². The van der Waals surface area contributed by atoms with Gasteiger partial charge in [-0.3, -0.25) is 0 Å². The van der Waals surface area contributed by atoms with E-state index in [1.54, 1.807) is 36.4 Å². The smallest absolute Gasteiger partial charge is 0.343 e. The number of esters is 2. The summed E-state index contributed by atoms with van der Waals surface area (Å²) in [5.74, 6) is -0.00659. The SMILES string of the molecule is CC1=C(C(=O)Oc2cccc3cccc(OC(=O)c4ccccc4)c23)CCCC1. The summed E-state index contributed by atoms with van der Waals surface area (Å²) >= 11 is 0. The van der Waals surface area contributed by atoms with Crippen LogP contribution in [0.1, 0.15) is 43.0 Å². The highest BCUT2D eigenvalue weighted by Crippen LogP contribution is 2.35. The summed E-state index contributed by atoms with van der Waals surface area (Å²) in [5.41, 5.74) is 2.31. The largest absolute Gasteiger partial charge is 0.422 e. The van der Waals surface area contributed by atoms with Crippen LogP contribution < -0.4 is 9.47 Å². The topological polar surface area (TPSA) is 52.6 Å². The fourth-order valence-electron chi connectivity index (χ4n) is 3.67. The van der Waals surface area contributed by atoms with E-state index in [0.717, 1.165) is 42.2 Å². The molecule has 3 aromatic carbocycles. The quantitative estimate of drug-likeness (QED) is 0.417. The van der Waals surface area contributed by atoms with Crippen LogP contribution >= 0.6 is 0 Å². The molecule has 0 aromatic heterocycles. The predicted octanol–water partition coefficient (Wildman–Crippen LogP) is 5.85. The Kier molecular flexibility index (Phi) is 5.43. The molecule has 0 spiro atoms. The molecule has 0 atom stereocenters. The first-order valence-electron chi connectivity index (χ1n) is 9.83. The first-order valence-corrected chi connectivity index (χ1v) is 9.83. The van der Waals surface area contributed by atoms with Gasteiger partial charge in [0.1, 0.15) is 11.5 Å². The van der Waals surface area contributed by atoms with E-state index in [1.165, 1.54) is 0 Å². The van der Waals surface area contributed by atoms with E-state index in [2.05, 4.69) is 0 Å². The number of fused-ring (bicyclic) bond motifs is 1. The van der Waals surface area contributed by atoms with Crippen molar-refractivity contribution in [3.63, 3.8) is 0 Å². The molecule has 0 bridgehead atoms. The van der Waals surface area contributed by atoms with Gasteiger partial charge in [-0.15, -0.1) is 0 Å². The number of rotatable bonds is 4. The van der Waals surface area contributed by atoms with Crippen molar-refractivity contribution in [2.75, 3.05) is 0 Å². The van der Waals surface area contributed by atoms with Crippen LogP contribution in [0, 0.1) is 0 Å². The van der Waals surface area contributed by atoms with E-state index in [9.17, 15) is 9.59 Å². The molecule has 0 unspecified atom stereocenters. The third-order valence-electron chi connectivity index (χ3n) is 5.23. The Morgan fingerprint density at radius 3 is 2.00 bits per heavy atom. The highest BCUT2D eigenvalue weighted by atomic mass is 16.5. The van der Waals surface area contributed by atoms with Gasteiger partial charge in [0.2, 0.25) is 0 Å². The summed E-state index contributed by atoms with van der Waals surface area (Å²) in [6.45, 7) is 1.99. The Morgan fingerprint density at radius 1 is 0.724 bits per heavy atom. The number of carbonyl (C=O) groups is 2. The molecule has 4 heteroatoms. The summed E-state index contributed by atoms with van der Waals surface area (Å²) in [6, 6.07) is 19.7. The third kappa shape index (κ3) is 4.06. The Balaban J connectivity index is 1.68. The zero-order valence-electron chi connectivity index (χ0n) is 16.3. The number of hydrogen-bond donors (Lipinski definition) is 0. The maximum atomic E-state index is 12.8. The number of benzene rings is 3. The predicted molar refractivity (Wildman–Crippen MR) is 112 cm³/mol. The second-order valence-electron chi connectivity index (χ2n) is 7.22. The zero-order chi connectivity index (χ0) is 20.2. The van der Waals surface area contributed by atoms with E-state index < -0.39 is 5.97 Å². The van der Waals surface area contributed by atoms with Crippen LogP contribution in [0.2, 0.25) is 0 Å². The van der Waals surface area contributed by atoms with Crippen molar-refractivity contribution in [2.45, 2.75) is 32.6 Å². The molecular weight excluding hydrogens is 364 g/mol. The number of carbonyl (C=O) groups excluding carboxylic acids is 2. The van der Waals surface area contributed by atoms with Crippen LogP contribution in [0.15, 0.2) is 77.9 Å². The summed E-state index contributed by atoms with van der Waals surface area (Å²) in [6.07, 6.45) is 3.78. The average molecular weight is 386 g/mol. The molecule has 3 aromatic rings. The molecule has 146 valence electrons. The molecule has 4 nitrogen and oxygen atoms in total. The summed E-state index contributed by atoms with van der Waals surface area (Å²) < 4.78 is 11.4. The zero-order valence-corrected chi connectivity index (χ0v) is 16.3. The van der Waals surface area contributed by atoms with Gasteiger partial charge in [0.25, 0.3) is 0 Å². The molecule has 0 saturated carbocycles. The molecule has 0 N–H and O–H groups in total. The summed E-state index contributed by atoms with van der Waals surface area (Å²) in [4.78, 5) is 25.3. The van der Waals surface area contributed by atoms with Crippen LogP contribution in [0.5, 0.6) is 11.5 Å². The van der Waals surface area contributed by atoms with E-state index in [0.29, 0.717) is 22.4 Å². The molecule has 0 aliphatic heterocycles. The second kappa shape index (κ2) is 8.31. The lowest BCUT2D eigenvalue weighted by atomic mass is 9.93. The Labute approximate surface area is 169 Å². The number of hydrogen-bond acceptors (Lipinski definition) is 4. The van der Waals surface area contributed by atoms with E-state index in [1.807, 2.05) is 37.3 Å². The van der Waals surface area contributed by atoms with Gasteiger partial charge in [0, 0.05) is 5.57 Å². The molecule has 1 aliphatic rings. The summed E-state index contributed by atoms with van der Waals surface area (Å²) in [7, 11) is 0. The van der Waals surface area contributed by atoms with Crippen LogP contribution in [-0.2, 0) is 4.79 Å². The van der Waals surface area contributed by atoms with Gasteiger partial charge in [0.05, 0.1) is 10.9 Å². The minimum Gasteiger partial charge on any atom is -0.422 e. The van der Waals surface area contributed by atoms with Gasteiger partial charge in [-0.25, -0.2) is 9.59 Å². The standard InChI is InChI=1S/C25H22O4/c1-17-9-5-6-14-20(17)25(27)29-22-16-8-13-18-12-7-15-21(23(18)22)28-24(26)19-10-3-2-4-11-19/h2-4,7-8,10-13,15-16H,5-6,9,14H2,1H3. The number of allylic oxidation sites excluding steroid dienone is 1. The van der Waals surface area contributed by atoms with Crippen molar-refractivity contribution in [1.82, 2.24) is 0 Å². The van der Waals surface area contributed by atoms with Gasteiger partial charge in [0.15, 0.2) is 0 Å². The first-order chi connectivity index (χ1) is 14.1. The lowest BCUT2D eigenvalue weighted by Crippen LogP contribution is -2.15. The molecule has 0 saturated heterocycles. The maximum absolute atomic E-state index is 12.8. The fourth-order valence-corrected chi connectivity index (χ4v) is 3.67. The van der Waals surface area contributed by atoms with Crippen molar-refractivity contribution < 1.29 is 19.1 Å². The van der Waals surface area contributed by atoms with Crippen LogP contribution in [0.25, 0.3) is 10.8 Å². The second-order valence-corrected chi connectivity index (χ2v) is 7.22. The third-order valence-corrected chi connectivity index (χ3v) is 5.23. The lowest BCUT2D eigenvalue weighted by molar-refractivity contribution is -0.130. The lowest BCUT2D eigenvalue weighted by Gasteiger charge is -2.17. The molecule has 29 heavy (non-hydrogen) atoms.